The number of hydrogen-bond acceptors (Lipinski definition) is 4. The van der Waals surface area contributed by atoms with E-state index in [2.05, 4.69) is 30.9 Å². The molecule has 2 aliphatic carbocycles. The van der Waals surface area contributed by atoms with Crippen molar-refractivity contribution in [1.29, 1.82) is 0 Å². The minimum atomic E-state index is -0.935. The Morgan fingerprint density at radius 3 is 1.84 bits per heavy atom. The molecule has 0 spiro atoms. The maximum Gasteiger partial charge on any atom is 0.330 e. The van der Waals surface area contributed by atoms with Gasteiger partial charge in [-0.1, -0.05) is 55.2 Å². The Labute approximate surface area is 149 Å². The third-order valence-corrected chi connectivity index (χ3v) is 3.70. The van der Waals surface area contributed by atoms with Gasteiger partial charge in [0.2, 0.25) is 0 Å². The molecule has 5 heteroatoms. The maximum absolute atomic E-state index is 12.3. The van der Waals surface area contributed by atoms with Crippen molar-refractivity contribution >= 4 is 11.9 Å². The van der Waals surface area contributed by atoms with Gasteiger partial charge in [0.25, 0.3) is 0 Å². The van der Waals surface area contributed by atoms with Gasteiger partial charge in [0, 0.05) is 24.0 Å². The van der Waals surface area contributed by atoms with Crippen molar-refractivity contribution in [3.05, 3.63) is 60.8 Å². The highest BCUT2D eigenvalue weighted by atomic mass is 16.6. The van der Waals surface area contributed by atoms with Crippen molar-refractivity contribution in [2.24, 2.45) is 17.8 Å². The Morgan fingerprint density at radius 2 is 1.48 bits per heavy atom. The molecule has 2 rings (SSSR count). The van der Waals surface area contributed by atoms with E-state index in [-0.39, 0.29) is 29.3 Å². The van der Waals surface area contributed by atoms with Crippen LogP contribution in [0.2, 0.25) is 0 Å². The number of esters is 1. The van der Waals surface area contributed by atoms with E-state index < -0.39 is 5.97 Å². The van der Waals surface area contributed by atoms with Crippen LogP contribution in [0.3, 0.4) is 0 Å². The average Bonchev–Trinajstić information content (AvgIpc) is 3.27. The van der Waals surface area contributed by atoms with Crippen LogP contribution in [0.25, 0.3) is 0 Å². The standard InChI is InChI=1S/C16H20O3.C4H6O2/c1-2-18-11-12-19-16(17)15(13-7-3-4-8-13)14-9-5-6-10-14;1-3(2)4(5)6/h3-10,13-15H,2,11-12H2,1H3;1H2,2H3,(H,5,6). The zero-order chi connectivity index (χ0) is 18.7. The first-order valence-electron chi connectivity index (χ1n) is 8.30. The SMILES string of the molecule is C=C(C)C(=O)O.CCOCCOC(=O)C(C1C=CC=C1)C1C=CC=C1. The molecular formula is C20H26O5. The molecule has 136 valence electrons. The van der Waals surface area contributed by atoms with Crippen LogP contribution in [0, 0.1) is 17.8 Å². The summed E-state index contributed by atoms with van der Waals surface area (Å²) in [7, 11) is 0. The second kappa shape index (κ2) is 11.2. The Hall–Kier alpha value is -2.40. The quantitative estimate of drug-likeness (QED) is 0.415. The normalized spacial score (nSPS) is 15.5. The Morgan fingerprint density at radius 1 is 1.04 bits per heavy atom. The van der Waals surface area contributed by atoms with E-state index in [1.165, 1.54) is 6.92 Å². The molecule has 0 aromatic carbocycles. The van der Waals surface area contributed by atoms with E-state index >= 15 is 0 Å². The van der Waals surface area contributed by atoms with Gasteiger partial charge in [-0.2, -0.15) is 0 Å². The number of hydrogen-bond donors (Lipinski definition) is 1. The molecule has 0 aliphatic heterocycles. The molecule has 0 saturated heterocycles. The van der Waals surface area contributed by atoms with Crippen LogP contribution in [0.1, 0.15) is 13.8 Å². The summed E-state index contributed by atoms with van der Waals surface area (Å²) in [5, 5.41) is 7.89. The van der Waals surface area contributed by atoms with E-state index in [0.717, 1.165) is 0 Å². The average molecular weight is 346 g/mol. The van der Waals surface area contributed by atoms with Gasteiger partial charge in [0.05, 0.1) is 12.5 Å². The molecule has 1 N–H and O–H groups in total. The molecule has 0 saturated carbocycles. The van der Waals surface area contributed by atoms with Crippen LogP contribution in [-0.2, 0) is 19.1 Å². The van der Waals surface area contributed by atoms with Gasteiger partial charge in [0.1, 0.15) is 6.61 Å². The summed E-state index contributed by atoms with van der Waals surface area (Å²) in [6.07, 6.45) is 16.1. The van der Waals surface area contributed by atoms with Crippen LogP contribution >= 0.6 is 0 Å². The van der Waals surface area contributed by atoms with Crippen molar-refractivity contribution in [1.82, 2.24) is 0 Å². The molecule has 5 nitrogen and oxygen atoms in total. The fourth-order valence-corrected chi connectivity index (χ4v) is 2.39. The van der Waals surface area contributed by atoms with Crippen molar-refractivity contribution in [2.45, 2.75) is 13.8 Å². The van der Waals surface area contributed by atoms with Gasteiger partial charge < -0.3 is 14.6 Å². The first-order chi connectivity index (χ1) is 12.0. The maximum atomic E-state index is 12.3. The third-order valence-electron chi connectivity index (χ3n) is 3.70. The number of carboxylic acids is 1. The number of ether oxygens (including phenoxy) is 2. The zero-order valence-electron chi connectivity index (χ0n) is 14.8. The second-order valence-corrected chi connectivity index (χ2v) is 5.67. The molecule has 0 aromatic rings. The lowest BCUT2D eigenvalue weighted by molar-refractivity contribution is -0.151. The number of carbonyl (C=O) groups is 2. The molecule has 0 atom stereocenters. The molecule has 0 bridgehead atoms. The van der Waals surface area contributed by atoms with E-state index in [1.807, 2.05) is 31.2 Å². The number of aliphatic carboxylic acids is 1. The smallest absolute Gasteiger partial charge is 0.330 e. The molecule has 0 aromatic heterocycles. The Balaban J connectivity index is 0.000000450. The second-order valence-electron chi connectivity index (χ2n) is 5.67. The first kappa shape index (κ1) is 20.6. The van der Waals surface area contributed by atoms with Gasteiger partial charge in [-0.25, -0.2) is 4.79 Å². The highest BCUT2D eigenvalue weighted by Gasteiger charge is 2.33. The summed E-state index contributed by atoms with van der Waals surface area (Å²) in [6, 6.07) is 0. The molecule has 25 heavy (non-hydrogen) atoms. The van der Waals surface area contributed by atoms with E-state index in [1.54, 1.807) is 0 Å². The molecule has 0 fully saturated rings. The number of allylic oxidation sites excluding steroid dienone is 8. The Kier molecular flexibility index (Phi) is 9.25. The lowest BCUT2D eigenvalue weighted by atomic mass is 9.83. The predicted molar refractivity (Wildman–Crippen MR) is 96.9 cm³/mol. The van der Waals surface area contributed by atoms with Crippen LogP contribution < -0.4 is 0 Å². The van der Waals surface area contributed by atoms with Gasteiger partial charge in [-0.3, -0.25) is 4.79 Å². The lowest BCUT2D eigenvalue weighted by Crippen LogP contribution is -2.29. The van der Waals surface area contributed by atoms with Crippen molar-refractivity contribution in [3.63, 3.8) is 0 Å². The summed E-state index contributed by atoms with van der Waals surface area (Å²) in [6.45, 7) is 7.95. The van der Waals surface area contributed by atoms with Crippen LogP contribution in [0.5, 0.6) is 0 Å². The van der Waals surface area contributed by atoms with Gasteiger partial charge in [-0.05, 0) is 13.8 Å². The summed E-state index contributed by atoms with van der Waals surface area (Å²) in [5.41, 5.74) is 0.176. The molecule has 0 amide bonds. The zero-order valence-corrected chi connectivity index (χ0v) is 14.8. The van der Waals surface area contributed by atoms with Gasteiger partial charge in [-0.15, -0.1) is 0 Å². The summed E-state index contributed by atoms with van der Waals surface area (Å²) in [4.78, 5) is 21.9. The van der Waals surface area contributed by atoms with Crippen molar-refractivity contribution < 1.29 is 24.2 Å². The number of carbonyl (C=O) groups excluding carboxylic acids is 1. The third kappa shape index (κ3) is 7.35. The minimum Gasteiger partial charge on any atom is -0.478 e. The molecule has 2 aliphatic rings. The fourth-order valence-electron chi connectivity index (χ4n) is 2.39. The fraction of sp³-hybridized carbons (Fsp3) is 0.400. The van der Waals surface area contributed by atoms with E-state index in [0.29, 0.717) is 19.8 Å². The molecule has 0 heterocycles. The van der Waals surface area contributed by atoms with Gasteiger partial charge in [0.15, 0.2) is 0 Å². The Bertz CT molecular complexity index is 519. The van der Waals surface area contributed by atoms with Crippen LogP contribution in [0.15, 0.2) is 60.8 Å². The van der Waals surface area contributed by atoms with Crippen molar-refractivity contribution in [2.75, 3.05) is 19.8 Å². The highest BCUT2D eigenvalue weighted by molar-refractivity contribution is 5.84. The topological polar surface area (TPSA) is 72.8 Å². The molecule has 0 radical (unpaired) electrons. The van der Waals surface area contributed by atoms with Crippen LogP contribution in [0.4, 0.5) is 0 Å². The monoisotopic (exact) mass is 346 g/mol. The largest absolute Gasteiger partial charge is 0.478 e. The number of rotatable bonds is 8. The minimum absolute atomic E-state index is 0.122. The van der Waals surface area contributed by atoms with Crippen molar-refractivity contribution in [3.8, 4) is 0 Å². The predicted octanol–water partition coefficient (Wildman–Crippen LogP) is 3.31. The number of carboxylic acid groups (broad SMARTS) is 1. The summed E-state index contributed by atoms with van der Waals surface area (Å²) < 4.78 is 10.5. The van der Waals surface area contributed by atoms with Crippen LogP contribution in [-0.4, -0.2) is 36.9 Å². The van der Waals surface area contributed by atoms with E-state index in [9.17, 15) is 9.59 Å². The molecular weight excluding hydrogens is 320 g/mol. The first-order valence-corrected chi connectivity index (χ1v) is 8.30. The highest BCUT2D eigenvalue weighted by Crippen LogP contribution is 2.31. The van der Waals surface area contributed by atoms with E-state index in [4.69, 9.17) is 14.6 Å². The summed E-state index contributed by atoms with van der Waals surface area (Å²) >= 11 is 0. The molecule has 0 unspecified atom stereocenters. The lowest BCUT2D eigenvalue weighted by Gasteiger charge is -2.23. The summed E-state index contributed by atoms with van der Waals surface area (Å²) in [5.74, 6) is -1.02. The van der Waals surface area contributed by atoms with Gasteiger partial charge >= 0.3 is 11.9 Å².